The molecule has 2 saturated carbocycles. The van der Waals surface area contributed by atoms with E-state index < -0.39 is 24.3 Å². The maximum absolute atomic E-state index is 13.0. The summed E-state index contributed by atoms with van der Waals surface area (Å²) in [7, 11) is 0. The van der Waals surface area contributed by atoms with Crippen molar-refractivity contribution in [3.63, 3.8) is 0 Å². The van der Waals surface area contributed by atoms with Crippen LogP contribution < -0.4 is 4.87 Å². The SMILES string of the molecule is O=C(O)CN1C(=O)[C@@H]2[C@H]3C[C@@H]([C@@H]2C1=O)[C@@H]1[C@H](c2cccs2)c2sc(=O)[nH]c2S[C@@H]31. The summed E-state index contributed by atoms with van der Waals surface area (Å²) in [5, 5.41) is 12.2. The summed E-state index contributed by atoms with van der Waals surface area (Å²) < 4.78 is 0. The van der Waals surface area contributed by atoms with Crippen LogP contribution in [0.5, 0.6) is 0 Å². The van der Waals surface area contributed by atoms with Crippen molar-refractivity contribution in [2.45, 2.75) is 22.6 Å². The molecular weight excluding hydrogens is 432 g/mol. The zero-order valence-corrected chi connectivity index (χ0v) is 17.4. The van der Waals surface area contributed by atoms with E-state index in [0.29, 0.717) is 0 Å². The van der Waals surface area contributed by atoms with Gasteiger partial charge < -0.3 is 10.1 Å². The first-order valence-electron chi connectivity index (χ1n) is 9.45. The van der Waals surface area contributed by atoms with Crippen LogP contribution in [0.2, 0.25) is 0 Å². The Morgan fingerprint density at radius 2 is 1.97 bits per heavy atom. The third kappa shape index (κ3) is 2.30. The van der Waals surface area contributed by atoms with Crippen LogP contribution in [-0.4, -0.2) is 44.6 Å². The molecule has 0 radical (unpaired) electrons. The van der Waals surface area contributed by atoms with Crippen molar-refractivity contribution in [2.75, 3.05) is 6.54 Å². The van der Waals surface area contributed by atoms with Crippen LogP contribution in [0.1, 0.15) is 22.1 Å². The van der Waals surface area contributed by atoms with Crippen molar-refractivity contribution in [3.05, 3.63) is 36.9 Å². The molecular formula is C19H16N2O5S3. The van der Waals surface area contributed by atoms with Crippen LogP contribution >= 0.6 is 34.4 Å². The number of H-pyrrole nitrogens is 1. The minimum atomic E-state index is -1.16. The maximum atomic E-state index is 13.0. The molecule has 4 heterocycles. The maximum Gasteiger partial charge on any atom is 0.323 e. The molecule has 29 heavy (non-hydrogen) atoms. The normalized spacial score (nSPS) is 37.0. The summed E-state index contributed by atoms with van der Waals surface area (Å²) >= 11 is 4.54. The quantitative estimate of drug-likeness (QED) is 0.696. The second-order valence-electron chi connectivity index (χ2n) is 8.13. The number of carbonyl (C=O) groups excluding carboxylic acids is 2. The van der Waals surface area contributed by atoms with E-state index >= 15 is 0 Å². The van der Waals surface area contributed by atoms with Gasteiger partial charge in [-0.25, -0.2) is 0 Å². The number of imide groups is 1. The van der Waals surface area contributed by atoms with Crippen LogP contribution in [0.15, 0.2) is 27.3 Å². The first-order chi connectivity index (χ1) is 14.0. The molecule has 4 aliphatic rings. The molecule has 0 aromatic carbocycles. The Morgan fingerprint density at radius 3 is 2.66 bits per heavy atom. The van der Waals surface area contributed by atoms with Crippen molar-refractivity contribution in [1.29, 1.82) is 0 Å². The van der Waals surface area contributed by atoms with Gasteiger partial charge in [0.1, 0.15) is 6.54 Å². The van der Waals surface area contributed by atoms with E-state index in [0.717, 1.165) is 21.2 Å². The lowest BCUT2D eigenvalue weighted by molar-refractivity contribution is -0.149. The Kier molecular flexibility index (Phi) is 3.74. The number of carboxylic acids is 1. The molecule has 2 N–H and O–H groups in total. The van der Waals surface area contributed by atoms with Crippen molar-refractivity contribution >= 4 is 52.2 Å². The second kappa shape index (κ2) is 6.05. The Hall–Kier alpha value is -1.91. The van der Waals surface area contributed by atoms with Crippen molar-refractivity contribution < 1.29 is 19.5 Å². The zero-order valence-electron chi connectivity index (χ0n) is 14.9. The lowest BCUT2D eigenvalue weighted by Gasteiger charge is -2.42. The zero-order chi connectivity index (χ0) is 20.0. The van der Waals surface area contributed by atoms with Gasteiger partial charge in [0.15, 0.2) is 0 Å². The van der Waals surface area contributed by atoms with Crippen molar-refractivity contribution in [2.24, 2.45) is 29.6 Å². The molecule has 150 valence electrons. The second-order valence-corrected chi connectivity index (χ2v) is 11.3. The van der Waals surface area contributed by atoms with E-state index in [1.807, 2.05) is 11.4 Å². The van der Waals surface area contributed by atoms with Crippen molar-refractivity contribution in [1.82, 2.24) is 9.88 Å². The predicted molar refractivity (Wildman–Crippen MR) is 107 cm³/mol. The Morgan fingerprint density at radius 1 is 1.21 bits per heavy atom. The van der Waals surface area contributed by atoms with Gasteiger partial charge in [-0.2, -0.15) is 0 Å². The summed E-state index contributed by atoms with van der Waals surface area (Å²) in [6.45, 7) is -0.554. The van der Waals surface area contributed by atoms with Gasteiger partial charge in [-0.3, -0.25) is 24.1 Å². The molecule has 7 atom stereocenters. The number of aromatic amines is 1. The van der Waals surface area contributed by atoms with Crippen LogP contribution in [0.4, 0.5) is 0 Å². The Labute approximate surface area is 177 Å². The largest absolute Gasteiger partial charge is 0.480 e. The fourth-order valence-corrected chi connectivity index (χ4v) is 10.0. The van der Waals surface area contributed by atoms with Crippen LogP contribution in [0.25, 0.3) is 0 Å². The Bertz CT molecular complexity index is 1110. The number of hydrogen-bond acceptors (Lipinski definition) is 7. The predicted octanol–water partition coefficient (Wildman–Crippen LogP) is 2.06. The van der Waals surface area contributed by atoms with Crippen LogP contribution in [-0.2, 0) is 14.4 Å². The minimum Gasteiger partial charge on any atom is -0.480 e. The molecule has 1 saturated heterocycles. The number of aliphatic carboxylic acids is 1. The van der Waals surface area contributed by atoms with Gasteiger partial charge >= 0.3 is 10.8 Å². The number of rotatable bonds is 3. The topological polar surface area (TPSA) is 108 Å². The van der Waals surface area contributed by atoms with Gasteiger partial charge in [0.05, 0.1) is 16.9 Å². The number of fused-ring (bicyclic) bond motifs is 9. The highest BCUT2D eigenvalue weighted by Crippen LogP contribution is 2.68. The van der Waals surface area contributed by atoms with Gasteiger partial charge in [-0.15, -0.1) is 23.1 Å². The summed E-state index contributed by atoms with van der Waals surface area (Å²) in [5.41, 5.74) is 0. The average molecular weight is 449 g/mol. The minimum absolute atomic E-state index is 0.0364. The van der Waals surface area contributed by atoms with Crippen LogP contribution in [0.3, 0.4) is 0 Å². The van der Waals surface area contributed by atoms with Crippen LogP contribution in [0, 0.1) is 29.6 Å². The van der Waals surface area contributed by atoms with E-state index in [1.165, 1.54) is 16.2 Å². The fraction of sp³-hybridized carbons (Fsp3) is 0.474. The van der Waals surface area contributed by atoms with Gasteiger partial charge in [0, 0.05) is 20.9 Å². The monoisotopic (exact) mass is 448 g/mol. The number of likely N-dealkylation sites (tertiary alicyclic amines) is 1. The molecule has 10 heteroatoms. The lowest BCUT2D eigenvalue weighted by Crippen LogP contribution is -2.42. The molecule has 2 aliphatic carbocycles. The third-order valence-corrected chi connectivity index (χ3v) is 10.5. The number of nitrogens with one attached hydrogen (secondary N) is 1. The number of thiophene rings is 1. The number of thiazole rings is 1. The number of thioether (sulfide) groups is 1. The molecule has 6 rings (SSSR count). The number of nitrogens with zero attached hydrogens (tertiary/aromatic N) is 1. The highest BCUT2D eigenvalue weighted by Gasteiger charge is 2.69. The molecule has 2 amide bonds. The number of amides is 2. The Balaban J connectivity index is 1.45. The average Bonchev–Trinajstić information content (AvgIpc) is 3.45. The standard InChI is InChI=1S/C19H16N2O5S3/c22-9(23)5-21-17(24)11-6-4-7(12(11)18(21)25)14-10(6)13(8-2-1-3-27-8)15-16(28-14)20-19(26)29-15/h1-3,6-7,10-14H,4-5H2,(H,20,26)(H,22,23)/t6-,7-,10-,11+,12-,13+,14+/m1/s1. The van der Waals surface area contributed by atoms with E-state index in [2.05, 4.69) is 11.1 Å². The molecule has 3 fully saturated rings. The molecule has 7 nitrogen and oxygen atoms in total. The molecule has 2 bridgehead atoms. The summed E-state index contributed by atoms with van der Waals surface area (Å²) in [4.78, 5) is 55.3. The summed E-state index contributed by atoms with van der Waals surface area (Å²) in [6, 6.07) is 4.08. The first-order valence-corrected chi connectivity index (χ1v) is 12.0. The molecule has 0 unspecified atom stereocenters. The first kappa shape index (κ1) is 17.9. The number of aromatic nitrogens is 1. The van der Waals surface area contributed by atoms with E-state index in [4.69, 9.17) is 5.11 Å². The van der Waals surface area contributed by atoms with Crippen molar-refractivity contribution in [3.8, 4) is 0 Å². The van der Waals surface area contributed by atoms with E-state index in [-0.39, 0.29) is 45.6 Å². The van der Waals surface area contributed by atoms with Gasteiger partial charge in [-0.05, 0) is 35.6 Å². The van der Waals surface area contributed by atoms with E-state index in [9.17, 15) is 19.2 Å². The molecule has 2 aromatic heterocycles. The molecule has 2 aliphatic heterocycles. The number of hydrogen-bond donors (Lipinski definition) is 2. The van der Waals surface area contributed by atoms with Gasteiger partial charge in [-0.1, -0.05) is 17.4 Å². The highest BCUT2D eigenvalue weighted by atomic mass is 32.2. The fourth-order valence-electron chi connectivity index (χ4n) is 6.16. The summed E-state index contributed by atoms with van der Waals surface area (Å²) in [6.07, 6.45) is 0.817. The molecule has 0 spiro atoms. The summed E-state index contributed by atoms with van der Waals surface area (Å²) in [5.74, 6) is -2.36. The van der Waals surface area contributed by atoms with Gasteiger partial charge in [0.2, 0.25) is 11.8 Å². The van der Waals surface area contributed by atoms with E-state index in [1.54, 1.807) is 23.1 Å². The highest BCUT2D eigenvalue weighted by molar-refractivity contribution is 8.00. The molecule has 2 aromatic rings. The number of carboxylic acid groups (broad SMARTS) is 1. The lowest BCUT2D eigenvalue weighted by atomic mass is 9.69. The number of carbonyl (C=O) groups is 3. The van der Waals surface area contributed by atoms with Gasteiger partial charge in [0.25, 0.3) is 0 Å². The smallest absolute Gasteiger partial charge is 0.323 e. The third-order valence-electron chi connectivity index (χ3n) is 6.96.